The predicted molar refractivity (Wildman–Crippen MR) is 98.6 cm³/mol. The van der Waals surface area contributed by atoms with Crippen LogP contribution in [0.4, 0.5) is 4.39 Å². The first-order chi connectivity index (χ1) is 12.5. The van der Waals surface area contributed by atoms with Crippen molar-refractivity contribution in [2.45, 2.75) is 31.6 Å². The highest BCUT2D eigenvalue weighted by molar-refractivity contribution is 7.92. The number of rotatable bonds is 6. The number of nitrogens with zero attached hydrogens (tertiary/aromatic N) is 1. The van der Waals surface area contributed by atoms with E-state index >= 15 is 0 Å². The fourth-order valence-corrected chi connectivity index (χ4v) is 3.46. The first-order valence-electron chi connectivity index (χ1n) is 8.11. The van der Waals surface area contributed by atoms with Gasteiger partial charge >= 0.3 is 0 Å². The zero-order chi connectivity index (χ0) is 20.4. The molecule has 0 aliphatic rings. The van der Waals surface area contributed by atoms with Gasteiger partial charge in [-0.05, 0) is 55.2 Å². The minimum Gasteiger partial charge on any atom is -0.315 e. The fourth-order valence-electron chi connectivity index (χ4n) is 2.62. The molecule has 1 amide bonds. The minimum atomic E-state index is -3.84. The molecule has 0 fully saturated rings. The highest BCUT2D eigenvalue weighted by Crippen LogP contribution is 2.23. The number of carbonyl (C=O) groups is 1. The van der Waals surface area contributed by atoms with Crippen LogP contribution in [-0.4, -0.2) is 35.1 Å². The Kier molecular flexibility index (Phi) is 5.86. The van der Waals surface area contributed by atoms with Gasteiger partial charge in [-0.25, -0.2) is 18.3 Å². The number of benzene rings is 1. The SMILES string of the molecule is Cc1cc(-c2ccn(CCC(C)(C(=O)NO)S(C)(=O)=O)c(=O)c2)ccc1F. The van der Waals surface area contributed by atoms with Crippen molar-refractivity contribution in [1.82, 2.24) is 10.0 Å². The van der Waals surface area contributed by atoms with Crippen molar-refractivity contribution >= 4 is 15.7 Å². The Bertz CT molecular complexity index is 1030. The zero-order valence-corrected chi connectivity index (χ0v) is 16.0. The van der Waals surface area contributed by atoms with Gasteiger partial charge in [0, 0.05) is 25.1 Å². The molecule has 0 spiro atoms. The third-order valence-corrected chi connectivity index (χ3v) is 6.74. The van der Waals surface area contributed by atoms with Gasteiger partial charge in [0.25, 0.3) is 11.5 Å². The van der Waals surface area contributed by atoms with Crippen molar-refractivity contribution in [2.75, 3.05) is 6.26 Å². The van der Waals surface area contributed by atoms with Gasteiger partial charge in [0.1, 0.15) is 5.82 Å². The number of nitrogens with one attached hydrogen (secondary N) is 1. The number of hydroxylamine groups is 1. The van der Waals surface area contributed by atoms with E-state index in [0.717, 1.165) is 6.26 Å². The quantitative estimate of drug-likeness (QED) is 0.571. The molecule has 1 heterocycles. The normalized spacial score (nSPS) is 13.8. The van der Waals surface area contributed by atoms with E-state index in [1.165, 1.54) is 35.3 Å². The van der Waals surface area contributed by atoms with E-state index in [0.29, 0.717) is 16.7 Å². The number of aryl methyl sites for hydroxylation is 2. The summed E-state index contributed by atoms with van der Waals surface area (Å²) < 4.78 is 36.7. The molecule has 1 unspecified atom stereocenters. The molecule has 0 aliphatic carbocycles. The first kappa shape index (κ1) is 20.8. The van der Waals surface area contributed by atoms with E-state index in [1.807, 2.05) is 0 Å². The van der Waals surface area contributed by atoms with E-state index in [1.54, 1.807) is 25.1 Å². The zero-order valence-electron chi connectivity index (χ0n) is 15.2. The van der Waals surface area contributed by atoms with Crippen LogP contribution in [0.3, 0.4) is 0 Å². The molecule has 0 aliphatic heterocycles. The Balaban J connectivity index is 2.29. The monoisotopic (exact) mass is 396 g/mol. The van der Waals surface area contributed by atoms with E-state index in [9.17, 15) is 22.4 Å². The lowest BCUT2D eigenvalue weighted by Crippen LogP contribution is -2.49. The third-order valence-electron chi connectivity index (χ3n) is 4.72. The number of halogens is 1. The second-order valence-electron chi connectivity index (χ2n) is 6.60. The van der Waals surface area contributed by atoms with Gasteiger partial charge in [-0.2, -0.15) is 0 Å². The number of amides is 1. The summed E-state index contributed by atoms with van der Waals surface area (Å²) in [5, 5.41) is 8.83. The number of hydrogen-bond acceptors (Lipinski definition) is 5. The predicted octanol–water partition coefficient (Wildman–Crippen LogP) is 1.66. The van der Waals surface area contributed by atoms with Crippen molar-refractivity contribution in [3.05, 3.63) is 58.3 Å². The first-order valence-corrected chi connectivity index (χ1v) is 10.00. The number of pyridine rings is 1. The maximum Gasteiger partial charge on any atom is 0.264 e. The molecule has 2 rings (SSSR count). The minimum absolute atomic E-state index is 0.0431. The average molecular weight is 396 g/mol. The average Bonchev–Trinajstić information content (AvgIpc) is 2.60. The molecule has 1 aromatic carbocycles. The van der Waals surface area contributed by atoms with Gasteiger partial charge in [0.2, 0.25) is 0 Å². The molecule has 1 aromatic heterocycles. The van der Waals surface area contributed by atoms with Crippen LogP contribution >= 0.6 is 0 Å². The molecular weight excluding hydrogens is 375 g/mol. The fraction of sp³-hybridized carbons (Fsp3) is 0.333. The summed E-state index contributed by atoms with van der Waals surface area (Å²) in [7, 11) is -3.84. The lowest BCUT2D eigenvalue weighted by atomic mass is 10.0. The van der Waals surface area contributed by atoms with Crippen molar-refractivity contribution in [3.8, 4) is 11.1 Å². The highest BCUT2D eigenvalue weighted by atomic mass is 32.2. The Labute approximate surface area is 156 Å². The second kappa shape index (κ2) is 7.61. The molecule has 2 N–H and O–H groups in total. The van der Waals surface area contributed by atoms with Gasteiger partial charge in [-0.3, -0.25) is 14.8 Å². The Morgan fingerprint density at radius 3 is 2.41 bits per heavy atom. The summed E-state index contributed by atoms with van der Waals surface area (Å²) in [5.41, 5.74) is 2.70. The molecule has 0 saturated heterocycles. The molecular formula is C18H21FN2O5S. The Morgan fingerprint density at radius 1 is 1.26 bits per heavy atom. The number of hydrogen-bond donors (Lipinski definition) is 2. The van der Waals surface area contributed by atoms with Crippen LogP contribution < -0.4 is 11.0 Å². The van der Waals surface area contributed by atoms with Crippen LogP contribution in [0, 0.1) is 12.7 Å². The van der Waals surface area contributed by atoms with Crippen LogP contribution in [0.5, 0.6) is 0 Å². The molecule has 27 heavy (non-hydrogen) atoms. The lowest BCUT2D eigenvalue weighted by molar-refractivity contribution is -0.131. The van der Waals surface area contributed by atoms with E-state index < -0.39 is 26.1 Å². The van der Waals surface area contributed by atoms with Crippen LogP contribution in [-0.2, 0) is 21.2 Å². The molecule has 7 nitrogen and oxygen atoms in total. The largest absolute Gasteiger partial charge is 0.315 e. The number of aromatic nitrogens is 1. The standard InChI is InChI=1S/C18H21FN2O5S/c1-12-10-13(4-5-15(12)19)14-6-8-21(16(22)11-14)9-7-18(2,17(23)20-24)27(3,25)26/h4-6,8,10-11,24H,7,9H2,1-3H3,(H,20,23). The van der Waals surface area contributed by atoms with Crippen LogP contribution in [0.2, 0.25) is 0 Å². The Hall–Kier alpha value is -2.52. The van der Waals surface area contributed by atoms with E-state index in [4.69, 9.17) is 5.21 Å². The molecule has 9 heteroatoms. The summed E-state index contributed by atoms with van der Waals surface area (Å²) >= 11 is 0. The van der Waals surface area contributed by atoms with Crippen molar-refractivity contribution in [3.63, 3.8) is 0 Å². The van der Waals surface area contributed by atoms with Crippen molar-refractivity contribution < 1.29 is 22.8 Å². The van der Waals surface area contributed by atoms with Crippen LogP contribution in [0.1, 0.15) is 18.9 Å². The maximum atomic E-state index is 13.4. The van der Waals surface area contributed by atoms with Crippen LogP contribution in [0.15, 0.2) is 41.3 Å². The Morgan fingerprint density at radius 2 is 1.89 bits per heavy atom. The molecule has 0 bridgehead atoms. The van der Waals surface area contributed by atoms with Crippen molar-refractivity contribution in [1.29, 1.82) is 0 Å². The summed E-state index contributed by atoms with van der Waals surface area (Å²) in [4.78, 5) is 24.2. The number of sulfone groups is 1. The summed E-state index contributed by atoms with van der Waals surface area (Å²) in [5.74, 6) is -1.40. The summed E-state index contributed by atoms with van der Waals surface area (Å²) in [6.45, 7) is 2.77. The molecule has 0 radical (unpaired) electrons. The van der Waals surface area contributed by atoms with Gasteiger partial charge in [0.05, 0.1) is 0 Å². The second-order valence-corrected chi connectivity index (χ2v) is 9.05. The van der Waals surface area contributed by atoms with Gasteiger partial charge in [0.15, 0.2) is 14.6 Å². The molecule has 0 saturated carbocycles. The van der Waals surface area contributed by atoms with Gasteiger partial charge in [-0.1, -0.05) is 6.07 Å². The maximum absolute atomic E-state index is 13.4. The third kappa shape index (κ3) is 4.25. The van der Waals surface area contributed by atoms with E-state index in [-0.39, 0.29) is 18.8 Å². The van der Waals surface area contributed by atoms with Gasteiger partial charge in [-0.15, -0.1) is 0 Å². The molecule has 1 atom stereocenters. The van der Waals surface area contributed by atoms with Gasteiger partial charge < -0.3 is 4.57 Å². The van der Waals surface area contributed by atoms with E-state index in [2.05, 4.69) is 0 Å². The smallest absolute Gasteiger partial charge is 0.264 e. The summed E-state index contributed by atoms with van der Waals surface area (Å²) in [6.07, 6.45) is 2.17. The lowest BCUT2D eigenvalue weighted by Gasteiger charge is -2.25. The molecule has 146 valence electrons. The topological polar surface area (TPSA) is 105 Å². The number of carbonyl (C=O) groups excluding carboxylic acids is 1. The summed E-state index contributed by atoms with van der Waals surface area (Å²) in [6, 6.07) is 7.52. The highest BCUT2D eigenvalue weighted by Gasteiger charge is 2.43. The molecule has 2 aromatic rings. The van der Waals surface area contributed by atoms with Crippen LogP contribution in [0.25, 0.3) is 11.1 Å². The van der Waals surface area contributed by atoms with Crippen molar-refractivity contribution in [2.24, 2.45) is 0 Å².